The van der Waals surface area contributed by atoms with Gasteiger partial charge in [-0.1, -0.05) is 31.0 Å². The average molecular weight is 403 g/mol. The molecule has 0 bridgehead atoms. The van der Waals surface area contributed by atoms with Crippen LogP contribution in [0.15, 0.2) is 36.4 Å². The summed E-state index contributed by atoms with van der Waals surface area (Å²) >= 11 is 0. The fraction of sp³-hybridized carbons (Fsp3) is 0.478. The predicted molar refractivity (Wildman–Crippen MR) is 116 cm³/mol. The van der Waals surface area contributed by atoms with E-state index in [2.05, 4.69) is 5.32 Å². The number of ether oxygens (including phenoxy) is 1. The number of phenols is 1. The van der Waals surface area contributed by atoms with Crippen molar-refractivity contribution in [2.75, 3.05) is 25.5 Å². The number of nitrogens with two attached hydrogens (primary N) is 1. The van der Waals surface area contributed by atoms with E-state index in [1.165, 1.54) is 11.6 Å². The molecule has 2 aromatic carbocycles. The molecule has 2 rings (SSSR count). The maximum Gasteiger partial charge on any atom is 0.121 e. The van der Waals surface area contributed by atoms with Crippen LogP contribution in [0.2, 0.25) is 0 Å². The first-order valence-electron chi connectivity index (χ1n) is 10.3. The van der Waals surface area contributed by atoms with Gasteiger partial charge in [0.2, 0.25) is 0 Å². The Hall–Kier alpha value is -2.12. The number of aliphatic hydroxyl groups is 2. The molecule has 6 heteroatoms. The quantitative estimate of drug-likeness (QED) is 0.246. The number of anilines is 1. The molecule has 0 aromatic heterocycles. The standard InChI is InChI=1S/C23H34N2O4/c24-20-8-5-18(6-9-20)11-14-29-13-4-2-1-3-12-25-15-21-19(16-26)7-10-23(28)22(21)17-27/h5-10,25-28H,1-4,11-17,24H2. The van der Waals surface area contributed by atoms with Gasteiger partial charge in [-0.05, 0) is 60.7 Å². The highest BCUT2D eigenvalue weighted by molar-refractivity contribution is 5.44. The van der Waals surface area contributed by atoms with Crippen molar-refractivity contribution in [2.45, 2.75) is 51.9 Å². The molecule has 0 aliphatic heterocycles. The van der Waals surface area contributed by atoms with Gasteiger partial charge < -0.3 is 31.1 Å². The molecule has 0 heterocycles. The number of aliphatic hydroxyl groups excluding tert-OH is 2. The van der Waals surface area contributed by atoms with Gasteiger partial charge in [0, 0.05) is 24.4 Å². The summed E-state index contributed by atoms with van der Waals surface area (Å²) in [6.45, 7) is 2.54. The largest absolute Gasteiger partial charge is 0.508 e. The van der Waals surface area contributed by atoms with Crippen molar-refractivity contribution < 1.29 is 20.1 Å². The van der Waals surface area contributed by atoms with Gasteiger partial charge in [0.25, 0.3) is 0 Å². The summed E-state index contributed by atoms with van der Waals surface area (Å²) in [5, 5.41) is 32.1. The first-order valence-corrected chi connectivity index (χ1v) is 10.3. The molecule has 0 aliphatic rings. The number of aromatic hydroxyl groups is 1. The Kier molecular flexibility index (Phi) is 10.5. The van der Waals surface area contributed by atoms with Gasteiger partial charge in [-0.3, -0.25) is 0 Å². The van der Waals surface area contributed by atoms with Crippen molar-refractivity contribution in [3.05, 3.63) is 58.7 Å². The third-order valence-corrected chi connectivity index (χ3v) is 5.04. The van der Waals surface area contributed by atoms with Crippen molar-refractivity contribution >= 4 is 5.69 Å². The lowest BCUT2D eigenvalue weighted by molar-refractivity contribution is 0.133. The highest BCUT2D eigenvalue weighted by atomic mass is 16.5. The van der Waals surface area contributed by atoms with E-state index in [1.807, 2.05) is 24.3 Å². The number of benzene rings is 2. The topological polar surface area (TPSA) is 108 Å². The summed E-state index contributed by atoms with van der Waals surface area (Å²) in [6.07, 6.45) is 5.25. The Balaban J connectivity index is 1.51. The number of hydrogen-bond donors (Lipinski definition) is 5. The maximum absolute atomic E-state index is 9.86. The van der Waals surface area contributed by atoms with Crippen LogP contribution in [0.1, 0.15) is 47.9 Å². The number of nitrogens with one attached hydrogen (secondary N) is 1. The molecule has 0 radical (unpaired) electrons. The second-order valence-corrected chi connectivity index (χ2v) is 7.21. The van der Waals surface area contributed by atoms with Crippen LogP contribution in [0.5, 0.6) is 5.75 Å². The van der Waals surface area contributed by atoms with Crippen LogP contribution in [0, 0.1) is 0 Å². The Labute approximate surface area is 173 Å². The fourth-order valence-electron chi connectivity index (χ4n) is 3.27. The zero-order valence-corrected chi connectivity index (χ0v) is 17.1. The van der Waals surface area contributed by atoms with E-state index in [0.717, 1.165) is 68.7 Å². The minimum absolute atomic E-state index is 0.0675. The average Bonchev–Trinajstić information content (AvgIpc) is 2.73. The second-order valence-electron chi connectivity index (χ2n) is 7.21. The van der Waals surface area contributed by atoms with E-state index >= 15 is 0 Å². The molecule has 2 aromatic rings. The normalized spacial score (nSPS) is 11.1. The minimum atomic E-state index is -0.241. The molecule has 160 valence electrons. The zero-order chi connectivity index (χ0) is 20.9. The molecule has 0 saturated heterocycles. The summed E-state index contributed by atoms with van der Waals surface area (Å²) in [5.74, 6) is 0.0675. The Morgan fingerprint density at radius 3 is 2.31 bits per heavy atom. The van der Waals surface area contributed by atoms with Crippen LogP contribution in [0.4, 0.5) is 5.69 Å². The van der Waals surface area contributed by atoms with Crippen LogP contribution in [0.3, 0.4) is 0 Å². The highest BCUT2D eigenvalue weighted by Crippen LogP contribution is 2.25. The second kappa shape index (κ2) is 13.2. The molecule has 0 saturated carbocycles. The SMILES string of the molecule is Nc1ccc(CCOCCCCCCNCc2c(CO)ccc(O)c2CO)cc1. The predicted octanol–water partition coefficient (Wildman–Crippen LogP) is 2.87. The molecule has 6 N–H and O–H groups in total. The molecule has 0 spiro atoms. The van der Waals surface area contributed by atoms with Crippen molar-refractivity contribution in [1.29, 1.82) is 0 Å². The minimum Gasteiger partial charge on any atom is -0.508 e. The zero-order valence-electron chi connectivity index (χ0n) is 17.1. The number of nitrogen functional groups attached to an aromatic ring is 1. The first-order chi connectivity index (χ1) is 14.2. The maximum atomic E-state index is 9.86. The van der Waals surface area contributed by atoms with Crippen LogP contribution in [-0.4, -0.2) is 35.1 Å². The molecule has 0 atom stereocenters. The summed E-state index contributed by atoms with van der Waals surface area (Å²) in [7, 11) is 0. The van der Waals surface area contributed by atoms with Gasteiger partial charge in [-0.2, -0.15) is 0 Å². The summed E-state index contributed by atoms with van der Waals surface area (Å²) in [5.41, 5.74) is 9.70. The fourth-order valence-corrected chi connectivity index (χ4v) is 3.27. The summed E-state index contributed by atoms with van der Waals surface area (Å²) in [4.78, 5) is 0. The van der Waals surface area contributed by atoms with E-state index < -0.39 is 0 Å². The molecule has 0 aliphatic carbocycles. The van der Waals surface area contributed by atoms with E-state index in [-0.39, 0.29) is 19.0 Å². The number of rotatable bonds is 14. The van der Waals surface area contributed by atoms with Gasteiger partial charge in [-0.15, -0.1) is 0 Å². The number of hydrogen-bond acceptors (Lipinski definition) is 6. The van der Waals surface area contributed by atoms with E-state index in [4.69, 9.17) is 10.5 Å². The lowest BCUT2D eigenvalue weighted by atomic mass is 10.0. The highest BCUT2D eigenvalue weighted by Gasteiger charge is 2.11. The van der Waals surface area contributed by atoms with Crippen molar-refractivity contribution in [3.63, 3.8) is 0 Å². The Bertz CT molecular complexity index is 720. The van der Waals surface area contributed by atoms with E-state index in [0.29, 0.717) is 12.1 Å². The Morgan fingerprint density at radius 1 is 0.828 bits per heavy atom. The van der Waals surface area contributed by atoms with Gasteiger partial charge in [0.05, 0.1) is 19.8 Å². The monoisotopic (exact) mass is 402 g/mol. The molecule has 0 unspecified atom stereocenters. The summed E-state index contributed by atoms with van der Waals surface area (Å²) in [6, 6.07) is 11.1. The van der Waals surface area contributed by atoms with E-state index in [9.17, 15) is 15.3 Å². The van der Waals surface area contributed by atoms with Gasteiger partial charge in [0.1, 0.15) is 5.75 Å². The van der Waals surface area contributed by atoms with Crippen molar-refractivity contribution in [2.24, 2.45) is 0 Å². The van der Waals surface area contributed by atoms with Gasteiger partial charge in [-0.25, -0.2) is 0 Å². The van der Waals surface area contributed by atoms with Crippen LogP contribution >= 0.6 is 0 Å². The van der Waals surface area contributed by atoms with Gasteiger partial charge in [0.15, 0.2) is 0 Å². The van der Waals surface area contributed by atoms with Crippen molar-refractivity contribution in [1.82, 2.24) is 5.32 Å². The lowest BCUT2D eigenvalue weighted by Gasteiger charge is -2.14. The summed E-state index contributed by atoms with van der Waals surface area (Å²) < 4.78 is 5.70. The first kappa shape index (κ1) is 23.2. The lowest BCUT2D eigenvalue weighted by Crippen LogP contribution is -2.17. The van der Waals surface area contributed by atoms with E-state index in [1.54, 1.807) is 6.07 Å². The third kappa shape index (κ3) is 8.03. The smallest absolute Gasteiger partial charge is 0.121 e. The van der Waals surface area contributed by atoms with Crippen molar-refractivity contribution in [3.8, 4) is 5.75 Å². The molecule has 6 nitrogen and oxygen atoms in total. The van der Waals surface area contributed by atoms with Crippen LogP contribution in [0.25, 0.3) is 0 Å². The molecule has 29 heavy (non-hydrogen) atoms. The third-order valence-electron chi connectivity index (χ3n) is 5.04. The Morgan fingerprint density at radius 2 is 1.59 bits per heavy atom. The van der Waals surface area contributed by atoms with Crippen LogP contribution < -0.4 is 11.1 Å². The molecule has 0 fully saturated rings. The molecule has 0 amide bonds. The molecular weight excluding hydrogens is 368 g/mol. The number of unbranched alkanes of at least 4 members (excludes halogenated alkanes) is 3. The molecular formula is C23H34N2O4. The van der Waals surface area contributed by atoms with Crippen LogP contribution in [-0.2, 0) is 30.9 Å². The van der Waals surface area contributed by atoms with Gasteiger partial charge >= 0.3 is 0 Å².